The van der Waals surface area contributed by atoms with E-state index in [4.69, 9.17) is 9.15 Å². The summed E-state index contributed by atoms with van der Waals surface area (Å²) < 4.78 is 12.7. The zero-order valence-corrected chi connectivity index (χ0v) is 14.3. The SMILES string of the molecule is Cc1ccc(OCC(=O)Nc2nnc(-c3ccnn3C(C)C)o2)cc1. The molecule has 8 heteroatoms. The number of amides is 1. The van der Waals surface area contributed by atoms with Crippen molar-refractivity contribution >= 4 is 11.9 Å². The van der Waals surface area contributed by atoms with Gasteiger partial charge in [-0.3, -0.25) is 14.8 Å². The summed E-state index contributed by atoms with van der Waals surface area (Å²) in [5.74, 6) is 0.530. The molecule has 0 bridgehead atoms. The Labute approximate surface area is 144 Å². The van der Waals surface area contributed by atoms with Gasteiger partial charge in [-0.05, 0) is 39.0 Å². The maximum Gasteiger partial charge on any atom is 0.322 e. The largest absolute Gasteiger partial charge is 0.484 e. The average Bonchev–Trinajstić information content (AvgIpc) is 3.23. The fourth-order valence-corrected chi connectivity index (χ4v) is 2.21. The molecule has 3 rings (SSSR count). The second kappa shape index (κ2) is 7.16. The third kappa shape index (κ3) is 4.03. The molecule has 0 saturated heterocycles. The first-order valence-corrected chi connectivity index (χ1v) is 7.89. The van der Waals surface area contributed by atoms with Crippen LogP contribution in [0.15, 0.2) is 40.9 Å². The summed E-state index contributed by atoms with van der Waals surface area (Å²) in [6.07, 6.45) is 1.66. The van der Waals surface area contributed by atoms with Gasteiger partial charge in [0.25, 0.3) is 11.8 Å². The molecule has 1 aromatic carbocycles. The Morgan fingerprint density at radius 3 is 2.72 bits per heavy atom. The van der Waals surface area contributed by atoms with E-state index in [-0.39, 0.29) is 24.6 Å². The molecule has 0 unspecified atom stereocenters. The van der Waals surface area contributed by atoms with Crippen LogP contribution in [0, 0.1) is 6.92 Å². The molecule has 0 fully saturated rings. The molecule has 0 atom stereocenters. The number of aromatic nitrogens is 4. The Morgan fingerprint density at radius 1 is 1.24 bits per heavy atom. The number of anilines is 1. The summed E-state index contributed by atoms with van der Waals surface area (Å²) >= 11 is 0. The topological polar surface area (TPSA) is 95.1 Å². The fraction of sp³-hybridized carbons (Fsp3) is 0.294. The van der Waals surface area contributed by atoms with Crippen molar-refractivity contribution < 1.29 is 13.9 Å². The van der Waals surface area contributed by atoms with Gasteiger partial charge in [-0.1, -0.05) is 22.8 Å². The Hall–Kier alpha value is -3.16. The molecule has 2 heterocycles. The lowest BCUT2D eigenvalue weighted by atomic mass is 10.2. The van der Waals surface area contributed by atoms with Crippen molar-refractivity contribution in [2.45, 2.75) is 26.8 Å². The van der Waals surface area contributed by atoms with Crippen LogP contribution in [-0.2, 0) is 4.79 Å². The molecule has 0 saturated carbocycles. The molecular formula is C17H19N5O3. The highest BCUT2D eigenvalue weighted by atomic mass is 16.5. The number of hydrogen-bond donors (Lipinski definition) is 1. The summed E-state index contributed by atoms with van der Waals surface area (Å²) in [7, 11) is 0. The van der Waals surface area contributed by atoms with Gasteiger partial charge in [0.1, 0.15) is 11.4 Å². The highest BCUT2D eigenvalue weighted by Gasteiger charge is 2.16. The zero-order valence-electron chi connectivity index (χ0n) is 14.3. The minimum atomic E-state index is -0.381. The van der Waals surface area contributed by atoms with Gasteiger partial charge < -0.3 is 9.15 Å². The summed E-state index contributed by atoms with van der Waals surface area (Å²) in [5.41, 5.74) is 1.81. The second-order valence-corrected chi connectivity index (χ2v) is 5.82. The standard InChI is InChI=1S/C17H19N5O3/c1-11(2)22-14(8-9-18-22)16-20-21-17(25-16)19-15(23)10-24-13-6-4-12(3)5-7-13/h4-9,11H,10H2,1-3H3,(H,19,21,23). The maximum atomic E-state index is 11.9. The van der Waals surface area contributed by atoms with Gasteiger partial charge in [-0.25, -0.2) is 0 Å². The first-order valence-electron chi connectivity index (χ1n) is 7.89. The number of carbonyl (C=O) groups excluding carboxylic acids is 1. The first kappa shape index (κ1) is 16.7. The number of nitrogens with zero attached hydrogens (tertiary/aromatic N) is 4. The Morgan fingerprint density at radius 2 is 2.00 bits per heavy atom. The van der Waals surface area contributed by atoms with Gasteiger partial charge in [-0.2, -0.15) is 5.10 Å². The van der Waals surface area contributed by atoms with E-state index in [1.54, 1.807) is 29.1 Å². The number of rotatable bonds is 6. The summed E-state index contributed by atoms with van der Waals surface area (Å²) in [5, 5.41) is 14.5. The van der Waals surface area contributed by atoms with Crippen LogP contribution in [0.3, 0.4) is 0 Å². The molecule has 8 nitrogen and oxygen atoms in total. The molecule has 1 N–H and O–H groups in total. The molecule has 0 spiro atoms. The molecule has 3 aromatic rings. The third-order valence-corrected chi connectivity index (χ3v) is 3.44. The average molecular weight is 341 g/mol. The van der Waals surface area contributed by atoms with Gasteiger partial charge in [0.15, 0.2) is 6.61 Å². The van der Waals surface area contributed by atoms with E-state index in [1.165, 1.54) is 0 Å². The van der Waals surface area contributed by atoms with E-state index in [9.17, 15) is 4.79 Å². The van der Waals surface area contributed by atoms with E-state index in [0.29, 0.717) is 17.3 Å². The van der Waals surface area contributed by atoms with Gasteiger partial charge >= 0.3 is 6.01 Å². The molecular weight excluding hydrogens is 322 g/mol. The predicted molar refractivity (Wildman–Crippen MR) is 91.2 cm³/mol. The number of aryl methyl sites for hydroxylation is 1. The van der Waals surface area contributed by atoms with E-state index < -0.39 is 0 Å². The minimum absolute atomic E-state index is 0.0176. The minimum Gasteiger partial charge on any atom is -0.484 e. The third-order valence-electron chi connectivity index (χ3n) is 3.44. The molecule has 1 amide bonds. The van der Waals surface area contributed by atoms with Gasteiger partial charge in [0.2, 0.25) is 0 Å². The van der Waals surface area contributed by atoms with Crippen LogP contribution in [0.2, 0.25) is 0 Å². The smallest absolute Gasteiger partial charge is 0.322 e. The monoisotopic (exact) mass is 341 g/mol. The van der Waals surface area contributed by atoms with Crippen molar-refractivity contribution in [2.24, 2.45) is 0 Å². The van der Waals surface area contributed by atoms with Crippen LogP contribution in [0.5, 0.6) is 5.75 Å². The predicted octanol–water partition coefficient (Wildman–Crippen LogP) is 2.84. The number of nitrogens with one attached hydrogen (secondary N) is 1. The van der Waals surface area contributed by atoms with Crippen LogP contribution >= 0.6 is 0 Å². The maximum absolute atomic E-state index is 11.9. The van der Waals surface area contributed by atoms with Crippen molar-refractivity contribution in [1.29, 1.82) is 0 Å². The number of carbonyl (C=O) groups is 1. The molecule has 0 aliphatic rings. The van der Waals surface area contributed by atoms with Crippen molar-refractivity contribution in [2.75, 3.05) is 11.9 Å². The number of benzene rings is 1. The molecule has 25 heavy (non-hydrogen) atoms. The first-order chi connectivity index (χ1) is 12.0. The molecule has 2 aromatic heterocycles. The lowest BCUT2D eigenvalue weighted by molar-refractivity contribution is -0.118. The van der Waals surface area contributed by atoms with E-state index in [1.807, 2.05) is 32.9 Å². The second-order valence-electron chi connectivity index (χ2n) is 5.82. The van der Waals surface area contributed by atoms with Gasteiger partial charge in [0.05, 0.1) is 0 Å². The van der Waals surface area contributed by atoms with Crippen LogP contribution in [0.4, 0.5) is 6.01 Å². The molecule has 0 radical (unpaired) electrons. The fourth-order valence-electron chi connectivity index (χ4n) is 2.21. The number of hydrogen-bond acceptors (Lipinski definition) is 6. The lowest BCUT2D eigenvalue weighted by Crippen LogP contribution is -2.20. The van der Waals surface area contributed by atoms with Crippen molar-refractivity contribution in [3.05, 3.63) is 42.1 Å². The van der Waals surface area contributed by atoms with Crippen molar-refractivity contribution in [3.8, 4) is 17.3 Å². The van der Waals surface area contributed by atoms with E-state index in [2.05, 4.69) is 20.6 Å². The number of ether oxygens (including phenoxy) is 1. The molecule has 0 aliphatic carbocycles. The van der Waals surface area contributed by atoms with Crippen LogP contribution in [0.1, 0.15) is 25.5 Å². The zero-order chi connectivity index (χ0) is 17.8. The molecule has 0 aliphatic heterocycles. The van der Waals surface area contributed by atoms with Crippen LogP contribution in [-0.4, -0.2) is 32.5 Å². The van der Waals surface area contributed by atoms with Crippen molar-refractivity contribution in [3.63, 3.8) is 0 Å². The summed E-state index contributed by atoms with van der Waals surface area (Å²) in [4.78, 5) is 11.9. The normalized spacial score (nSPS) is 10.9. The highest BCUT2D eigenvalue weighted by Crippen LogP contribution is 2.22. The Bertz CT molecular complexity index is 851. The lowest BCUT2D eigenvalue weighted by Gasteiger charge is -2.07. The summed E-state index contributed by atoms with van der Waals surface area (Å²) in [6.45, 7) is 5.83. The molecule has 130 valence electrons. The van der Waals surface area contributed by atoms with E-state index in [0.717, 1.165) is 5.56 Å². The highest BCUT2D eigenvalue weighted by molar-refractivity contribution is 5.89. The van der Waals surface area contributed by atoms with Crippen LogP contribution < -0.4 is 10.1 Å². The van der Waals surface area contributed by atoms with Gasteiger partial charge in [0, 0.05) is 12.2 Å². The van der Waals surface area contributed by atoms with Gasteiger partial charge in [-0.15, -0.1) is 5.10 Å². The Balaban J connectivity index is 1.60. The summed E-state index contributed by atoms with van der Waals surface area (Å²) in [6, 6.07) is 9.38. The van der Waals surface area contributed by atoms with Crippen LogP contribution in [0.25, 0.3) is 11.6 Å². The van der Waals surface area contributed by atoms with E-state index >= 15 is 0 Å². The van der Waals surface area contributed by atoms with Crippen molar-refractivity contribution in [1.82, 2.24) is 20.0 Å². The Kier molecular flexibility index (Phi) is 4.78. The quantitative estimate of drug-likeness (QED) is 0.741.